The quantitative estimate of drug-likeness (QED) is 0.567. The van der Waals surface area contributed by atoms with Gasteiger partial charge in [-0.1, -0.05) is 11.6 Å². The molecular formula is C21H19ClF2N4O2. The molecule has 156 valence electrons. The number of nitrogens with zero attached hydrogens (tertiary/aromatic N) is 4. The maximum absolute atomic E-state index is 13.8. The molecule has 0 atom stereocenters. The second kappa shape index (κ2) is 8.71. The molecule has 0 amide bonds. The van der Waals surface area contributed by atoms with Gasteiger partial charge in [-0.25, -0.2) is 8.78 Å². The predicted octanol–water partition coefficient (Wildman–Crippen LogP) is 4.19. The zero-order valence-electron chi connectivity index (χ0n) is 16.8. The minimum absolute atomic E-state index is 0.0826. The summed E-state index contributed by atoms with van der Waals surface area (Å²) in [6.45, 7) is 5.07. The summed E-state index contributed by atoms with van der Waals surface area (Å²) in [5.41, 5.74) is 2.71. The van der Waals surface area contributed by atoms with Gasteiger partial charge in [0.05, 0.1) is 23.3 Å². The minimum Gasteiger partial charge on any atom is -0.485 e. The van der Waals surface area contributed by atoms with Gasteiger partial charge in [0, 0.05) is 31.1 Å². The van der Waals surface area contributed by atoms with Crippen molar-refractivity contribution in [1.29, 1.82) is 0 Å². The zero-order valence-corrected chi connectivity index (χ0v) is 17.6. The van der Waals surface area contributed by atoms with Crippen LogP contribution in [-0.2, 0) is 6.61 Å². The van der Waals surface area contributed by atoms with Crippen molar-refractivity contribution in [3.05, 3.63) is 80.2 Å². The molecule has 3 rings (SSSR count). The van der Waals surface area contributed by atoms with Gasteiger partial charge in [-0.05, 0) is 32.4 Å². The fourth-order valence-corrected chi connectivity index (χ4v) is 3.04. The number of aliphatic imine (C=N–C) groups is 1. The Bertz CT molecular complexity index is 1210. The van der Waals surface area contributed by atoms with Gasteiger partial charge in [0.1, 0.15) is 28.9 Å². The molecule has 0 fully saturated rings. The summed E-state index contributed by atoms with van der Waals surface area (Å²) in [6.07, 6.45) is 2.55. The number of rotatable bonds is 5. The summed E-state index contributed by atoms with van der Waals surface area (Å²) in [7, 11) is 1.66. The number of halogens is 3. The van der Waals surface area contributed by atoms with Crippen molar-refractivity contribution in [2.45, 2.75) is 27.4 Å². The van der Waals surface area contributed by atoms with Crippen LogP contribution < -0.4 is 10.3 Å². The van der Waals surface area contributed by atoms with Crippen LogP contribution in [0.4, 0.5) is 8.78 Å². The van der Waals surface area contributed by atoms with E-state index in [0.29, 0.717) is 23.1 Å². The lowest BCUT2D eigenvalue weighted by Crippen LogP contribution is -2.23. The van der Waals surface area contributed by atoms with E-state index in [-0.39, 0.29) is 23.1 Å². The van der Waals surface area contributed by atoms with Crippen LogP contribution in [0, 0.1) is 25.5 Å². The molecule has 0 aromatic carbocycles. The second-order valence-corrected chi connectivity index (χ2v) is 7.02. The summed E-state index contributed by atoms with van der Waals surface area (Å²) >= 11 is 6.26. The van der Waals surface area contributed by atoms with Crippen LogP contribution in [0.2, 0.25) is 5.02 Å². The van der Waals surface area contributed by atoms with Crippen LogP contribution >= 0.6 is 11.6 Å². The number of aromatic nitrogens is 3. The van der Waals surface area contributed by atoms with Gasteiger partial charge < -0.3 is 4.74 Å². The Hall–Kier alpha value is -3.13. The van der Waals surface area contributed by atoms with Gasteiger partial charge in [0.25, 0.3) is 5.56 Å². The topological polar surface area (TPSA) is 69.4 Å². The van der Waals surface area contributed by atoms with E-state index < -0.39 is 17.2 Å². The first-order valence-corrected chi connectivity index (χ1v) is 9.36. The lowest BCUT2D eigenvalue weighted by atomic mass is 10.1. The van der Waals surface area contributed by atoms with Crippen molar-refractivity contribution in [2.75, 3.05) is 7.05 Å². The van der Waals surface area contributed by atoms with Crippen LogP contribution in [0.25, 0.3) is 5.69 Å². The molecule has 9 heteroatoms. The summed E-state index contributed by atoms with van der Waals surface area (Å²) in [6, 6.07) is 4.05. The smallest absolute Gasteiger partial charge is 0.277 e. The van der Waals surface area contributed by atoms with E-state index in [4.69, 9.17) is 16.3 Å². The molecular weight excluding hydrogens is 414 g/mol. The van der Waals surface area contributed by atoms with Crippen LogP contribution in [0.1, 0.15) is 29.6 Å². The number of aryl methyl sites for hydroxylation is 2. The van der Waals surface area contributed by atoms with Gasteiger partial charge in [-0.3, -0.25) is 24.3 Å². The molecule has 3 heterocycles. The average Bonchev–Trinajstić information content (AvgIpc) is 2.71. The Labute approximate surface area is 176 Å². The minimum atomic E-state index is -0.843. The highest BCUT2D eigenvalue weighted by Gasteiger charge is 2.17. The second-order valence-electron chi connectivity index (χ2n) is 6.64. The molecule has 3 aromatic rings. The molecule has 0 spiro atoms. The standard InChI is InChI=1S/C21H19ClF2N4O2/c1-11-8-26-16(13(3)25-4)7-18(11)28-12(2)5-19(20(22)21(28)29)30-10-17-15(24)6-14(23)9-27-17/h5-9H,10H2,1-4H3. The highest BCUT2D eigenvalue weighted by Crippen LogP contribution is 2.25. The number of ether oxygens (including phenoxy) is 1. The third kappa shape index (κ3) is 4.23. The zero-order chi connectivity index (χ0) is 22.0. The molecule has 0 aliphatic heterocycles. The van der Waals surface area contributed by atoms with E-state index in [1.807, 2.05) is 13.8 Å². The number of hydrogen-bond acceptors (Lipinski definition) is 5. The maximum atomic E-state index is 13.8. The van der Waals surface area contributed by atoms with Crippen LogP contribution in [0.3, 0.4) is 0 Å². The first-order chi connectivity index (χ1) is 14.2. The molecule has 3 aromatic heterocycles. The van der Waals surface area contributed by atoms with Crippen LogP contribution in [0.15, 0.2) is 40.4 Å². The van der Waals surface area contributed by atoms with Gasteiger partial charge >= 0.3 is 0 Å². The van der Waals surface area contributed by atoms with E-state index in [1.165, 1.54) is 4.57 Å². The van der Waals surface area contributed by atoms with Crippen LogP contribution in [0.5, 0.6) is 5.75 Å². The Kier molecular flexibility index (Phi) is 6.26. The fourth-order valence-electron chi connectivity index (χ4n) is 2.85. The van der Waals surface area contributed by atoms with Gasteiger partial charge in [0.2, 0.25) is 0 Å². The molecule has 6 nitrogen and oxygen atoms in total. The first kappa shape index (κ1) is 21.6. The van der Waals surface area contributed by atoms with Crippen molar-refractivity contribution < 1.29 is 13.5 Å². The summed E-state index contributed by atoms with van der Waals surface area (Å²) in [4.78, 5) is 25.1. The first-order valence-electron chi connectivity index (χ1n) is 8.98. The van der Waals surface area contributed by atoms with E-state index in [2.05, 4.69) is 15.0 Å². The SMILES string of the molecule is CN=C(C)c1cc(-n2c(C)cc(OCc3ncc(F)cc3F)c(Cl)c2=O)c(C)cn1. The van der Waals surface area contributed by atoms with Gasteiger partial charge in [0.15, 0.2) is 5.82 Å². The monoisotopic (exact) mass is 432 g/mol. The Morgan fingerprint density at radius 2 is 1.93 bits per heavy atom. The van der Waals surface area contributed by atoms with E-state index in [1.54, 1.807) is 32.3 Å². The van der Waals surface area contributed by atoms with Crippen molar-refractivity contribution in [3.8, 4) is 11.4 Å². The van der Waals surface area contributed by atoms with Gasteiger partial charge in [-0.15, -0.1) is 0 Å². The lowest BCUT2D eigenvalue weighted by Gasteiger charge is -2.16. The van der Waals surface area contributed by atoms with Gasteiger partial charge in [-0.2, -0.15) is 0 Å². The summed E-state index contributed by atoms with van der Waals surface area (Å²) < 4.78 is 33.7. The third-order valence-corrected chi connectivity index (χ3v) is 4.92. The van der Waals surface area contributed by atoms with Crippen molar-refractivity contribution in [3.63, 3.8) is 0 Å². The average molecular weight is 433 g/mol. The van der Waals surface area contributed by atoms with E-state index in [0.717, 1.165) is 17.5 Å². The third-order valence-electron chi connectivity index (χ3n) is 4.57. The molecule has 0 aliphatic carbocycles. The summed E-state index contributed by atoms with van der Waals surface area (Å²) in [5.74, 6) is -1.55. The fraction of sp³-hybridized carbons (Fsp3) is 0.238. The molecule has 0 radical (unpaired) electrons. The maximum Gasteiger partial charge on any atom is 0.277 e. The predicted molar refractivity (Wildman–Crippen MR) is 111 cm³/mol. The molecule has 30 heavy (non-hydrogen) atoms. The van der Waals surface area contributed by atoms with E-state index >= 15 is 0 Å². The largest absolute Gasteiger partial charge is 0.485 e. The Morgan fingerprint density at radius 3 is 2.60 bits per heavy atom. The number of pyridine rings is 3. The highest BCUT2D eigenvalue weighted by atomic mass is 35.5. The molecule has 0 saturated heterocycles. The normalized spacial score (nSPS) is 11.6. The number of hydrogen-bond donors (Lipinski definition) is 0. The highest BCUT2D eigenvalue weighted by molar-refractivity contribution is 6.31. The Morgan fingerprint density at radius 1 is 1.20 bits per heavy atom. The van der Waals surface area contributed by atoms with Crippen molar-refractivity contribution in [2.24, 2.45) is 4.99 Å². The van der Waals surface area contributed by atoms with E-state index in [9.17, 15) is 13.6 Å². The molecule has 0 aliphatic rings. The van der Waals surface area contributed by atoms with Crippen molar-refractivity contribution in [1.82, 2.24) is 14.5 Å². The van der Waals surface area contributed by atoms with Crippen LogP contribution in [-0.4, -0.2) is 27.3 Å². The van der Waals surface area contributed by atoms with Crippen molar-refractivity contribution >= 4 is 17.3 Å². The molecule has 0 bridgehead atoms. The summed E-state index contributed by atoms with van der Waals surface area (Å²) in [5, 5.41) is -0.165. The molecule has 0 N–H and O–H groups in total. The molecule has 0 saturated carbocycles. The molecule has 0 unspecified atom stereocenters. The lowest BCUT2D eigenvalue weighted by molar-refractivity contribution is 0.292. The Balaban J connectivity index is 2.01.